The first kappa shape index (κ1) is 18.2. The van der Waals surface area contributed by atoms with Gasteiger partial charge in [-0.3, -0.25) is 0 Å². The molecular weight excluding hydrogens is 398 g/mol. The van der Waals surface area contributed by atoms with Crippen molar-refractivity contribution in [1.29, 1.82) is 0 Å². The largest absolute Gasteiger partial charge is 0.493 e. The van der Waals surface area contributed by atoms with E-state index in [0.717, 1.165) is 15.7 Å². The number of methoxy groups -OCH3 is 2. The zero-order valence-corrected chi connectivity index (χ0v) is 15.4. The fourth-order valence-electron chi connectivity index (χ4n) is 2.33. The standard InChI is InChI=1S/C16H14BrN3O3.ClH/c1-22-14-6-9(5-11(17)15(14)23-2)8-18-10-3-4-12-13(7-10)20-16(21)19-12;/h3-7,18H,8H2,1-2H3;1H. The fraction of sp³-hybridized carbons (Fsp3) is 0.188. The maximum atomic E-state index is 11.2. The number of urea groups is 1. The van der Waals surface area contributed by atoms with Crippen molar-refractivity contribution in [2.45, 2.75) is 6.54 Å². The molecule has 2 aromatic carbocycles. The molecule has 1 aliphatic heterocycles. The van der Waals surface area contributed by atoms with E-state index in [1.807, 2.05) is 18.2 Å². The molecule has 1 N–H and O–H groups in total. The number of fused-ring (bicyclic) bond motifs is 1. The van der Waals surface area contributed by atoms with Gasteiger partial charge < -0.3 is 14.8 Å². The van der Waals surface area contributed by atoms with Gasteiger partial charge >= 0.3 is 6.03 Å². The third-order valence-corrected chi connectivity index (χ3v) is 3.99. The van der Waals surface area contributed by atoms with Crippen LogP contribution in [0.3, 0.4) is 0 Å². The number of carbonyl (C=O) groups excluding carboxylic acids is 1. The number of rotatable bonds is 5. The van der Waals surface area contributed by atoms with Gasteiger partial charge in [0.25, 0.3) is 0 Å². The Hall–Kier alpha value is -2.12. The Morgan fingerprint density at radius 2 is 1.83 bits per heavy atom. The number of nitrogens with one attached hydrogen (secondary N) is 1. The number of ether oxygens (including phenoxy) is 2. The van der Waals surface area contributed by atoms with Crippen LogP contribution in [0.15, 0.2) is 44.8 Å². The minimum Gasteiger partial charge on any atom is -0.493 e. The first-order valence-corrected chi connectivity index (χ1v) is 7.66. The molecule has 0 bridgehead atoms. The van der Waals surface area contributed by atoms with E-state index in [1.54, 1.807) is 26.4 Å². The van der Waals surface area contributed by atoms with E-state index in [0.29, 0.717) is 28.8 Å². The molecule has 0 atom stereocenters. The van der Waals surface area contributed by atoms with Gasteiger partial charge in [-0.15, -0.1) is 12.4 Å². The highest BCUT2D eigenvalue weighted by Crippen LogP contribution is 2.36. The van der Waals surface area contributed by atoms with E-state index in [4.69, 9.17) is 9.47 Å². The molecule has 0 aliphatic carbocycles. The van der Waals surface area contributed by atoms with E-state index in [9.17, 15) is 4.79 Å². The molecule has 2 aromatic rings. The lowest BCUT2D eigenvalue weighted by Crippen LogP contribution is -2.21. The molecule has 1 heterocycles. The van der Waals surface area contributed by atoms with Crippen LogP contribution in [0.1, 0.15) is 5.56 Å². The summed E-state index contributed by atoms with van der Waals surface area (Å²) < 4.78 is 11.5. The van der Waals surface area contributed by atoms with Crippen molar-refractivity contribution in [3.63, 3.8) is 0 Å². The Morgan fingerprint density at radius 3 is 2.54 bits per heavy atom. The van der Waals surface area contributed by atoms with Gasteiger partial charge in [-0.2, -0.15) is 9.98 Å². The smallest absolute Gasteiger partial charge is 0.368 e. The van der Waals surface area contributed by atoms with Gasteiger partial charge in [0.05, 0.1) is 29.4 Å². The molecule has 1 aliphatic rings. The second kappa shape index (κ2) is 7.63. The highest BCUT2D eigenvalue weighted by Gasteiger charge is 2.11. The first-order valence-electron chi connectivity index (χ1n) is 6.86. The lowest BCUT2D eigenvalue weighted by Gasteiger charge is -2.13. The monoisotopic (exact) mass is 411 g/mol. The molecule has 24 heavy (non-hydrogen) atoms. The van der Waals surface area contributed by atoms with Gasteiger partial charge in [-0.1, -0.05) is 0 Å². The Balaban J connectivity index is 0.00000208. The zero-order chi connectivity index (χ0) is 16.4. The maximum Gasteiger partial charge on any atom is 0.368 e. The summed E-state index contributed by atoms with van der Waals surface area (Å²) >= 11 is 3.47. The number of carbonyl (C=O) groups is 1. The lowest BCUT2D eigenvalue weighted by molar-refractivity contribution is 0.256. The summed E-state index contributed by atoms with van der Waals surface area (Å²) in [5.41, 5.74) is 1.89. The summed E-state index contributed by atoms with van der Waals surface area (Å²) in [6, 6.07) is 8.86. The van der Waals surface area contributed by atoms with Gasteiger partial charge in [0.2, 0.25) is 0 Å². The number of benzene rings is 2. The number of anilines is 1. The third-order valence-electron chi connectivity index (χ3n) is 3.40. The van der Waals surface area contributed by atoms with Gasteiger partial charge in [0.15, 0.2) is 11.5 Å². The highest BCUT2D eigenvalue weighted by molar-refractivity contribution is 9.10. The molecule has 0 spiro atoms. The molecule has 126 valence electrons. The summed E-state index contributed by atoms with van der Waals surface area (Å²) in [4.78, 5) is 18.8. The number of amides is 2. The fourth-order valence-corrected chi connectivity index (χ4v) is 2.98. The summed E-state index contributed by atoms with van der Waals surface area (Å²) in [5.74, 6) is 1.32. The minimum absolute atomic E-state index is 0. The normalized spacial score (nSPS) is 11.7. The van der Waals surface area contributed by atoms with E-state index in [2.05, 4.69) is 31.2 Å². The summed E-state index contributed by atoms with van der Waals surface area (Å²) in [6.45, 7) is 0.586. The third kappa shape index (κ3) is 3.68. The number of halogens is 2. The Bertz CT molecular complexity index is 902. The molecule has 0 saturated carbocycles. The van der Waals surface area contributed by atoms with Gasteiger partial charge in [0, 0.05) is 12.2 Å². The van der Waals surface area contributed by atoms with Crippen LogP contribution in [0.25, 0.3) is 0 Å². The van der Waals surface area contributed by atoms with Crippen molar-refractivity contribution in [2.75, 3.05) is 19.5 Å². The second-order valence-corrected chi connectivity index (χ2v) is 5.73. The Kier molecular flexibility index (Phi) is 5.80. The molecule has 3 rings (SSSR count). The topological polar surface area (TPSA) is 72.3 Å². The van der Waals surface area contributed by atoms with E-state index >= 15 is 0 Å². The number of hydrogen-bond donors (Lipinski definition) is 1. The highest BCUT2D eigenvalue weighted by atomic mass is 79.9. The number of nitrogens with zero attached hydrogens (tertiary/aromatic N) is 2. The molecule has 8 heteroatoms. The zero-order valence-electron chi connectivity index (χ0n) is 13.0. The van der Waals surface area contributed by atoms with Crippen LogP contribution in [-0.2, 0) is 6.54 Å². The molecule has 0 aromatic heterocycles. The van der Waals surface area contributed by atoms with Gasteiger partial charge in [0.1, 0.15) is 0 Å². The molecular formula is C16H15BrClN3O3. The van der Waals surface area contributed by atoms with Crippen molar-refractivity contribution in [3.8, 4) is 11.5 Å². The van der Waals surface area contributed by atoms with Crippen molar-refractivity contribution < 1.29 is 14.3 Å². The maximum absolute atomic E-state index is 11.2. The first-order chi connectivity index (χ1) is 11.1. The van der Waals surface area contributed by atoms with Gasteiger partial charge in [-0.05, 0) is 51.8 Å². The van der Waals surface area contributed by atoms with Crippen LogP contribution >= 0.6 is 28.3 Å². The average Bonchev–Trinajstić information content (AvgIpc) is 2.91. The van der Waals surface area contributed by atoms with Crippen molar-refractivity contribution in [2.24, 2.45) is 9.98 Å². The quantitative estimate of drug-likeness (QED) is 0.820. The molecule has 6 nitrogen and oxygen atoms in total. The van der Waals surface area contributed by atoms with Crippen LogP contribution in [0.4, 0.5) is 10.5 Å². The lowest BCUT2D eigenvalue weighted by atomic mass is 10.2. The van der Waals surface area contributed by atoms with Crippen molar-refractivity contribution in [1.82, 2.24) is 0 Å². The van der Waals surface area contributed by atoms with Gasteiger partial charge in [-0.25, -0.2) is 4.79 Å². The molecule has 0 saturated heterocycles. The van der Waals surface area contributed by atoms with Crippen LogP contribution in [0, 0.1) is 0 Å². The summed E-state index contributed by atoms with van der Waals surface area (Å²) in [7, 11) is 3.20. The molecule has 0 unspecified atom stereocenters. The average molecular weight is 413 g/mol. The van der Waals surface area contributed by atoms with Crippen molar-refractivity contribution in [3.05, 3.63) is 51.1 Å². The minimum atomic E-state index is -0.457. The number of hydrogen-bond acceptors (Lipinski definition) is 4. The molecule has 0 fully saturated rings. The van der Waals surface area contributed by atoms with E-state index in [1.165, 1.54) is 0 Å². The van der Waals surface area contributed by atoms with Crippen LogP contribution < -0.4 is 25.5 Å². The predicted molar refractivity (Wildman–Crippen MR) is 96.0 cm³/mol. The second-order valence-electron chi connectivity index (χ2n) is 4.88. The molecule has 0 radical (unpaired) electrons. The summed E-state index contributed by atoms with van der Waals surface area (Å²) in [5, 5.41) is 4.49. The van der Waals surface area contributed by atoms with Crippen molar-refractivity contribution >= 4 is 40.1 Å². The van der Waals surface area contributed by atoms with Crippen LogP contribution in [0.5, 0.6) is 11.5 Å². The molecule has 2 amide bonds. The van der Waals surface area contributed by atoms with E-state index in [-0.39, 0.29) is 12.4 Å². The Labute approximate surface area is 153 Å². The SMILES string of the molecule is COc1cc(CNc2ccc3c(c2)=NC(=O)N=3)cc(Br)c1OC.Cl. The van der Waals surface area contributed by atoms with E-state index < -0.39 is 6.03 Å². The summed E-state index contributed by atoms with van der Waals surface area (Å²) in [6.07, 6.45) is 0. The van der Waals surface area contributed by atoms with Crippen LogP contribution in [-0.4, -0.2) is 20.3 Å². The predicted octanol–water partition coefficient (Wildman–Crippen LogP) is 2.87. The Morgan fingerprint density at radius 1 is 1.08 bits per heavy atom. The van der Waals surface area contributed by atoms with Crippen LogP contribution in [0.2, 0.25) is 0 Å².